The van der Waals surface area contributed by atoms with Crippen molar-refractivity contribution in [2.45, 2.75) is 50.2 Å². The van der Waals surface area contributed by atoms with Gasteiger partial charge in [0.2, 0.25) is 0 Å². The molecule has 0 unspecified atom stereocenters. The molecule has 0 saturated carbocycles. The molecule has 0 aliphatic carbocycles. The summed E-state index contributed by atoms with van der Waals surface area (Å²) in [5, 5.41) is 11.8. The largest absolute Gasteiger partial charge is 0.432 e. The Morgan fingerprint density at radius 2 is 1.70 bits per heavy atom. The van der Waals surface area contributed by atoms with Crippen LogP contribution in [0, 0.1) is 5.92 Å². The maximum atomic E-state index is 14.5. The molecule has 4 aromatic rings. The number of anilines is 3. The maximum Gasteiger partial charge on any atom is 0.264 e. The van der Waals surface area contributed by atoms with Crippen molar-refractivity contribution >= 4 is 63.9 Å². The van der Waals surface area contributed by atoms with E-state index in [2.05, 4.69) is 15.9 Å². The third kappa shape index (κ3) is 4.17. The van der Waals surface area contributed by atoms with Crippen LogP contribution < -0.4 is 9.80 Å². The average molecular weight is 658 g/mol. The number of carbonyl (C=O) groups excluding carboxylic acids is 2. The van der Waals surface area contributed by atoms with Crippen LogP contribution in [0.4, 0.5) is 17.1 Å². The molecule has 43 heavy (non-hydrogen) atoms. The number of nitrogens with zero attached hydrogens (tertiary/aromatic N) is 2. The van der Waals surface area contributed by atoms with Crippen molar-refractivity contribution in [3.05, 3.63) is 100 Å². The third-order valence-corrected chi connectivity index (χ3v) is 12.4. The molecule has 3 aliphatic heterocycles. The van der Waals surface area contributed by atoms with Crippen molar-refractivity contribution in [3.8, 4) is 0 Å². The average Bonchev–Trinajstić information content (AvgIpc) is 3.52. The quantitative estimate of drug-likeness (QED) is 0.228. The van der Waals surface area contributed by atoms with Gasteiger partial charge in [-0.25, -0.2) is 0 Å². The second-order valence-electron chi connectivity index (χ2n) is 12.4. The van der Waals surface area contributed by atoms with Gasteiger partial charge in [-0.2, -0.15) is 0 Å². The number of rotatable bonds is 6. The summed E-state index contributed by atoms with van der Waals surface area (Å²) in [5.41, 5.74) is 3.35. The lowest BCUT2D eigenvalue weighted by molar-refractivity contribution is -0.146. The number of halogens is 1. The van der Waals surface area contributed by atoms with Gasteiger partial charge in [-0.15, -0.1) is 0 Å². The molecular formula is C34H33BrN2O5Si. The van der Waals surface area contributed by atoms with E-state index < -0.39 is 20.0 Å². The number of hydrogen-bond acceptors (Lipinski definition) is 5. The Morgan fingerprint density at radius 1 is 0.977 bits per heavy atom. The third-order valence-electron chi connectivity index (χ3n) is 9.45. The zero-order valence-electron chi connectivity index (χ0n) is 24.3. The van der Waals surface area contributed by atoms with Crippen LogP contribution in [0.2, 0.25) is 18.6 Å². The first kappa shape index (κ1) is 28.4. The van der Waals surface area contributed by atoms with Gasteiger partial charge in [-0.3, -0.25) is 14.5 Å². The highest BCUT2D eigenvalue weighted by Crippen LogP contribution is 2.60. The van der Waals surface area contributed by atoms with E-state index >= 15 is 0 Å². The molecule has 0 bridgehead atoms. The van der Waals surface area contributed by atoms with E-state index in [-0.39, 0.29) is 29.9 Å². The van der Waals surface area contributed by atoms with Crippen molar-refractivity contribution in [2.24, 2.45) is 5.92 Å². The highest BCUT2D eigenvalue weighted by atomic mass is 79.9. The van der Waals surface area contributed by atoms with Crippen molar-refractivity contribution in [3.63, 3.8) is 0 Å². The van der Waals surface area contributed by atoms with Crippen LogP contribution in [-0.2, 0) is 21.7 Å². The van der Waals surface area contributed by atoms with Gasteiger partial charge in [0, 0.05) is 39.2 Å². The Hall–Kier alpha value is -3.34. The molecule has 9 heteroatoms. The summed E-state index contributed by atoms with van der Waals surface area (Å²) in [4.78, 5) is 42.7. The van der Waals surface area contributed by atoms with Gasteiger partial charge in [-0.1, -0.05) is 59.3 Å². The fourth-order valence-corrected chi connectivity index (χ4v) is 10.7. The van der Waals surface area contributed by atoms with Gasteiger partial charge in [0.05, 0.1) is 29.6 Å². The number of hydrogen-bond donors (Lipinski definition) is 2. The minimum atomic E-state index is -2.76. The van der Waals surface area contributed by atoms with E-state index in [1.807, 2.05) is 98.9 Å². The number of carbonyl (C=O) groups is 2. The summed E-state index contributed by atoms with van der Waals surface area (Å²) in [6.07, 6.45) is -0.0632. The molecule has 2 N–H and O–H groups in total. The minimum absolute atomic E-state index is 0.0505. The van der Waals surface area contributed by atoms with Gasteiger partial charge < -0.3 is 19.5 Å². The lowest BCUT2D eigenvalue weighted by Crippen LogP contribution is -2.46. The zero-order valence-corrected chi connectivity index (χ0v) is 26.8. The smallest absolute Gasteiger partial charge is 0.264 e. The Morgan fingerprint density at radius 3 is 2.40 bits per heavy atom. The molecule has 2 amide bonds. The summed E-state index contributed by atoms with van der Waals surface area (Å²) in [5.74, 6) is -0.489. The summed E-state index contributed by atoms with van der Waals surface area (Å²) in [6, 6.07) is 25.4. The topological polar surface area (TPSA) is 90.3 Å². The molecule has 1 spiro atoms. The lowest BCUT2D eigenvalue weighted by Gasteiger charge is -2.32. The Balaban J connectivity index is 1.22. The predicted octanol–water partition coefficient (Wildman–Crippen LogP) is 6.62. The number of amides is 2. The first-order valence-corrected chi connectivity index (χ1v) is 18.5. The molecule has 0 aromatic heterocycles. The second kappa shape index (κ2) is 10.1. The van der Waals surface area contributed by atoms with E-state index in [4.69, 9.17) is 4.74 Å². The van der Waals surface area contributed by atoms with Gasteiger partial charge in [0.15, 0.2) is 13.9 Å². The summed E-state index contributed by atoms with van der Waals surface area (Å²) in [6.45, 7) is 6.00. The van der Waals surface area contributed by atoms with Gasteiger partial charge in [-0.05, 0) is 72.9 Å². The van der Waals surface area contributed by atoms with E-state index in [0.717, 1.165) is 43.4 Å². The highest BCUT2D eigenvalue weighted by Gasteiger charge is 2.66. The van der Waals surface area contributed by atoms with Crippen molar-refractivity contribution in [1.82, 2.24) is 0 Å². The fourth-order valence-electron chi connectivity index (χ4n) is 7.71. The Kier molecular flexibility index (Phi) is 6.68. The Labute approximate surface area is 260 Å². The van der Waals surface area contributed by atoms with Crippen LogP contribution >= 0.6 is 15.9 Å². The van der Waals surface area contributed by atoms with Gasteiger partial charge in [0.25, 0.3) is 11.8 Å². The first-order chi connectivity index (χ1) is 20.6. The molecule has 1 fully saturated rings. The number of aliphatic hydroxyl groups excluding tert-OH is 1. The molecule has 3 aliphatic rings. The fraction of sp³-hybridized carbons (Fsp3) is 0.294. The standard InChI is InChI=1S/C34H33BrN2O5Si/c1-20-31(43(2,3)41)29(16-17-38)42-34(20)26-18-23(35)12-15-27(26)36(33(34)40)19-21-10-13-24(14-11-21)37-28-9-5-7-22-6-4-8-25(30(22)28)32(37)39/h4-15,18,20,29,31,38,41H,16-17,19H2,1-3H3/t20-,29+,31-,34+/m0/s1. The van der Waals surface area contributed by atoms with Crippen LogP contribution in [0.5, 0.6) is 0 Å². The summed E-state index contributed by atoms with van der Waals surface area (Å²) >= 11 is 3.59. The number of ether oxygens (including phenoxy) is 1. The zero-order chi connectivity index (χ0) is 30.3. The van der Waals surface area contributed by atoms with Crippen LogP contribution in [0.25, 0.3) is 10.8 Å². The van der Waals surface area contributed by atoms with E-state index in [9.17, 15) is 19.5 Å². The SMILES string of the molecule is C[C@H]1[C@H]([Si](C)(C)O)[C@@H](CCO)O[C@]12C(=O)N(Cc1ccc(N3C(=O)c4cccc5cccc3c45)cc1)c1ccc(Br)cc12. The molecule has 7 nitrogen and oxygen atoms in total. The molecule has 0 radical (unpaired) electrons. The molecule has 220 valence electrons. The molecule has 4 atom stereocenters. The van der Waals surface area contributed by atoms with Crippen LogP contribution in [0.1, 0.15) is 34.8 Å². The number of fused-ring (bicyclic) bond motifs is 2. The second-order valence-corrected chi connectivity index (χ2v) is 17.3. The summed E-state index contributed by atoms with van der Waals surface area (Å²) in [7, 11) is -2.76. The van der Waals surface area contributed by atoms with Crippen LogP contribution in [0.15, 0.2) is 83.3 Å². The number of benzene rings is 4. The molecule has 4 aromatic carbocycles. The van der Waals surface area contributed by atoms with Crippen molar-refractivity contribution < 1.29 is 24.2 Å². The molecule has 7 rings (SSSR count). The lowest BCUT2D eigenvalue weighted by atomic mass is 9.82. The van der Waals surface area contributed by atoms with Crippen LogP contribution in [0.3, 0.4) is 0 Å². The number of aliphatic hydroxyl groups is 1. The monoisotopic (exact) mass is 656 g/mol. The minimum Gasteiger partial charge on any atom is -0.432 e. The summed E-state index contributed by atoms with van der Waals surface area (Å²) < 4.78 is 7.52. The normalized spacial score (nSPS) is 24.6. The molecule has 3 heterocycles. The van der Waals surface area contributed by atoms with Gasteiger partial charge in [0.1, 0.15) is 0 Å². The van der Waals surface area contributed by atoms with E-state index in [1.54, 1.807) is 9.80 Å². The van der Waals surface area contributed by atoms with Crippen LogP contribution in [-0.4, -0.2) is 42.7 Å². The van der Waals surface area contributed by atoms with E-state index in [1.165, 1.54) is 0 Å². The van der Waals surface area contributed by atoms with E-state index in [0.29, 0.717) is 18.5 Å². The maximum absolute atomic E-state index is 14.5. The molecular weight excluding hydrogens is 624 g/mol. The van der Waals surface area contributed by atoms with Crippen molar-refractivity contribution in [2.75, 3.05) is 16.4 Å². The Bertz CT molecular complexity index is 1780. The predicted molar refractivity (Wildman–Crippen MR) is 173 cm³/mol. The van der Waals surface area contributed by atoms with Gasteiger partial charge >= 0.3 is 0 Å². The van der Waals surface area contributed by atoms with Crippen molar-refractivity contribution in [1.29, 1.82) is 0 Å². The first-order valence-electron chi connectivity index (χ1n) is 14.6. The highest BCUT2D eigenvalue weighted by molar-refractivity contribution is 9.10. The molecule has 1 saturated heterocycles.